The van der Waals surface area contributed by atoms with E-state index in [-0.39, 0.29) is 11.2 Å². The summed E-state index contributed by atoms with van der Waals surface area (Å²) in [6.45, 7) is 3.63. The number of hydrogen-bond acceptors (Lipinski definition) is 5. The molecule has 0 fully saturated rings. The van der Waals surface area contributed by atoms with E-state index in [1.54, 1.807) is 19.1 Å². The number of carbonyl (C=O) groups is 1. The van der Waals surface area contributed by atoms with Gasteiger partial charge in [-0.15, -0.1) is 10.2 Å². The van der Waals surface area contributed by atoms with Crippen LogP contribution in [0, 0.1) is 6.92 Å². The molecule has 2 rings (SSSR count). The van der Waals surface area contributed by atoms with Crippen LogP contribution in [-0.4, -0.2) is 26.0 Å². The van der Waals surface area contributed by atoms with Gasteiger partial charge in [0.2, 0.25) is 11.1 Å². The first-order chi connectivity index (χ1) is 9.49. The second kappa shape index (κ2) is 6.15. The quantitative estimate of drug-likeness (QED) is 0.667. The van der Waals surface area contributed by atoms with E-state index in [4.69, 9.17) is 17.4 Å². The summed E-state index contributed by atoms with van der Waals surface area (Å²) >= 11 is 7.25. The Morgan fingerprint density at radius 3 is 2.95 bits per heavy atom. The fraction of sp³-hybridized carbons (Fsp3) is 0.250. The molecule has 3 N–H and O–H groups in total. The van der Waals surface area contributed by atoms with Crippen molar-refractivity contribution in [3.05, 3.63) is 35.1 Å². The predicted octanol–water partition coefficient (Wildman–Crippen LogP) is 2.07. The molecule has 2 aromatic rings. The number of carbonyl (C=O) groups excluding carboxylic acids is 1. The van der Waals surface area contributed by atoms with E-state index < -0.39 is 0 Å². The zero-order chi connectivity index (χ0) is 14.7. The Kier molecular flexibility index (Phi) is 4.51. The fourth-order valence-corrected chi connectivity index (χ4v) is 2.43. The number of anilines is 1. The number of aromatic nitrogens is 3. The molecule has 0 radical (unpaired) electrons. The average Bonchev–Trinajstić information content (AvgIpc) is 2.80. The van der Waals surface area contributed by atoms with Crippen LogP contribution in [0.15, 0.2) is 29.7 Å². The normalized spacial score (nSPS) is 12.2. The lowest BCUT2D eigenvalue weighted by Crippen LogP contribution is -2.23. The largest absolute Gasteiger partial charge is 0.336 e. The van der Waals surface area contributed by atoms with Crippen LogP contribution in [0.2, 0.25) is 5.02 Å². The van der Waals surface area contributed by atoms with Crippen LogP contribution in [-0.2, 0) is 4.79 Å². The highest BCUT2D eigenvalue weighted by Crippen LogP contribution is 2.25. The van der Waals surface area contributed by atoms with Crippen LogP contribution in [0.1, 0.15) is 12.5 Å². The van der Waals surface area contributed by atoms with Gasteiger partial charge >= 0.3 is 0 Å². The molecular weight excluding hydrogens is 298 g/mol. The Morgan fingerprint density at radius 2 is 2.30 bits per heavy atom. The molecule has 1 aromatic heterocycles. The first-order valence-corrected chi connectivity index (χ1v) is 7.12. The van der Waals surface area contributed by atoms with E-state index in [9.17, 15) is 4.79 Å². The first kappa shape index (κ1) is 14.7. The Hall–Kier alpha value is -1.73. The van der Waals surface area contributed by atoms with E-state index in [1.165, 1.54) is 22.8 Å². The van der Waals surface area contributed by atoms with Gasteiger partial charge in [-0.2, -0.15) is 0 Å². The van der Waals surface area contributed by atoms with Crippen molar-refractivity contribution in [1.29, 1.82) is 0 Å². The maximum absolute atomic E-state index is 12.1. The third-order valence-electron chi connectivity index (χ3n) is 2.72. The van der Waals surface area contributed by atoms with Gasteiger partial charge in [-0.1, -0.05) is 29.4 Å². The van der Waals surface area contributed by atoms with Gasteiger partial charge in [0.15, 0.2) is 0 Å². The van der Waals surface area contributed by atoms with Gasteiger partial charge in [0.25, 0.3) is 0 Å². The summed E-state index contributed by atoms with van der Waals surface area (Å²) in [6, 6.07) is 5.38. The number of benzene rings is 1. The lowest BCUT2D eigenvalue weighted by molar-refractivity contribution is -0.115. The number of amides is 1. The lowest BCUT2D eigenvalue weighted by atomic mass is 10.2. The molecule has 0 aliphatic carbocycles. The summed E-state index contributed by atoms with van der Waals surface area (Å²) in [5.41, 5.74) is 1.53. The van der Waals surface area contributed by atoms with Crippen molar-refractivity contribution in [2.24, 2.45) is 0 Å². The molecule has 1 atom stereocenters. The highest BCUT2D eigenvalue weighted by Gasteiger charge is 2.18. The molecule has 1 amide bonds. The minimum atomic E-state index is -0.361. The molecule has 0 unspecified atom stereocenters. The molecule has 20 heavy (non-hydrogen) atoms. The van der Waals surface area contributed by atoms with Crippen molar-refractivity contribution in [2.75, 3.05) is 11.2 Å². The van der Waals surface area contributed by atoms with Crippen LogP contribution < -0.4 is 11.2 Å². The average molecular weight is 312 g/mol. The number of rotatable bonds is 4. The van der Waals surface area contributed by atoms with E-state index >= 15 is 0 Å². The summed E-state index contributed by atoms with van der Waals surface area (Å²) in [6.07, 6.45) is 1.38. The number of halogens is 1. The fourth-order valence-electron chi connectivity index (χ4n) is 1.51. The van der Waals surface area contributed by atoms with Crippen LogP contribution in [0.25, 0.3) is 0 Å². The van der Waals surface area contributed by atoms with Gasteiger partial charge in [0.1, 0.15) is 6.33 Å². The van der Waals surface area contributed by atoms with Crippen molar-refractivity contribution in [1.82, 2.24) is 14.9 Å². The van der Waals surface area contributed by atoms with Crippen molar-refractivity contribution in [2.45, 2.75) is 24.3 Å². The summed E-state index contributed by atoms with van der Waals surface area (Å²) in [5, 5.41) is 11.1. The highest BCUT2D eigenvalue weighted by atomic mass is 35.5. The summed E-state index contributed by atoms with van der Waals surface area (Å²) in [5.74, 6) is 5.46. The third kappa shape index (κ3) is 3.23. The van der Waals surface area contributed by atoms with Crippen molar-refractivity contribution in [3.8, 4) is 0 Å². The maximum Gasteiger partial charge on any atom is 0.237 e. The first-order valence-electron chi connectivity index (χ1n) is 5.86. The zero-order valence-electron chi connectivity index (χ0n) is 11.0. The number of nitrogens with zero attached hydrogens (tertiary/aromatic N) is 3. The lowest BCUT2D eigenvalue weighted by Gasteiger charge is -2.13. The van der Waals surface area contributed by atoms with E-state index in [1.807, 2.05) is 13.0 Å². The second-order valence-corrected chi connectivity index (χ2v) is 5.90. The highest BCUT2D eigenvalue weighted by molar-refractivity contribution is 8.00. The maximum atomic E-state index is 12.1. The minimum Gasteiger partial charge on any atom is -0.336 e. The van der Waals surface area contributed by atoms with E-state index in [0.29, 0.717) is 15.9 Å². The summed E-state index contributed by atoms with van der Waals surface area (Å²) in [4.78, 5) is 12.1. The number of hydrogen-bond donors (Lipinski definition) is 2. The van der Waals surface area contributed by atoms with Crippen LogP contribution in [0.4, 0.5) is 5.69 Å². The van der Waals surface area contributed by atoms with Crippen LogP contribution in [0.3, 0.4) is 0 Å². The molecule has 1 heterocycles. The van der Waals surface area contributed by atoms with Crippen molar-refractivity contribution < 1.29 is 4.79 Å². The second-order valence-electron chi connectivity index (χ2n) is 4.18. The topological polar surface area (TPSA) is 85.8 Å². The Morgan fingerprint density at radius 1 is 1.55 bits per heavy atom. The Labute approximate surface area is 125 Å². The molecule has 8 heteroatoms. The number of nitrogen functional groups attached to an aromatic ring is 1. The number of thioether (sulfide) groups is 1. The molecule has 1 aromatic carbocycles. The van der Waals surface area contributed by atoms with Gasteiger partial charge in [0, 0.05) is 10.7 Å². The zero-order valence-corrected chi connectivity index (χ0v) is 12.6. The molecule has 0 spiro atoms. The van der Waals surface area contributed by atoms with Gasteiger partial charge in [-0.3, -0.25) is 4.79 Å². The molecule has 0 saturated carbocycles. The van der Waals surface area contributed by atoms with Gasteiger partial charge in [0.05, 0.1) is 5.25 Å². The van der Waals surface area contributed by atoms with Crippen LogP contribution in [0.5, 0.6) is 0 Å². The Bertz CT molecular complexity index is 630. The molecule has 0 aliphatic rings. The molecular formula is C12H14ClN5OS. The Balaban J connectivity index is 2.04. The van der Waals surface area contributed by atoms with Crippen molar-refractivity contribution in [3.63, 3.8) is 0 Å². The summed E-state index contributed by atoms with van der Waals surface area (Å²) < 4.78 is 1.28. The van der Waals surface area contributed by atoms with Crippen LogP contribution >= 0.6 is 23.4 Å². The number of nitrogens with one attached hydrogen (secondary N) is 1. The monoisotopic (exact) mass is 311 g/mol. The molecule has 106 valence electrons. The third-order valence-corrected chi connectivity index (χ3v) is 4.20. The minimum absolute atomic E-state index is 0.150. The molecule has 0 aliphatic heterocycles. The summed E-state index contributed by atoms with van der Waals surface area (Å²) in [7, 11) is 0. The molecule has 0 saturated heterocycles. The van der Waals surface area contributed by atoms with Gasteiger partial charge in [-0.25, -0.2) is 4.68 Å². The predicted molar refractivity (Wildman–Crippen MR) is 80.3 cm³/mol. The van der Waals surface area contributed by atoms with Gasteiger partial charge in [-0.05, 0) is 31.5 Å². The SMILES string of the molecule is Cc1c(Cl)cccc1NC(=O)[C@H](C)Sc1nncn1N. The molecule has 6 nitrogen and oxygen atoms in total. The smallest absolute Gasteiger partial charge is 0.237 e. The standard InChI is InChI=1S/C12H14ClN5OS/c1-7-9(13)4-3-5-10(7)16-11(19)8(2)20-12-17-15-6-18(12)14/h3-6,8H,14H2,1-2H3,(H,16,19)/t8-/m0/s1. The van der Waals surface area contributed by atoms with E-state index in [0.717, 1.165) is 5.56 Å². The van der Waals surface area contributed by atoms with E-state index in [2.05, 4.69) is 15.5 Å². The van der Waals surface area contributed by atoms with Crippen molar-refractivity contribution >= 4 is 35.0 Å². The van der Waals surface area contributed by atoms with Gasteiger partial charge < -0.3 is 11.2 Å². The molecule has 0 bridgehead atoms. The number of nitrogens with two attached hydrogens (primary N) is 1.